The second-order valence-corrected chi connectivity index (χ2v) is 4.97. The zero-order valence-corrected chi connectivity index (χ0v) is 16.3. The second-order valence-electron chi connectivity index (χ2n) is 4.29. The number of halogens is 2. The van der Waals surface area contributed by atoms with Gasteiger partial charge in [-0.25, -0.2) is 0 Å². The third kappa shape index (κ3) is 7.59. The van der Waals surface area contributed by atoms with Crippen molar-refractivity contribution in [2.24, 2.45) is 0 Å². The molecule has 0 aliphatic heterocycles. The molecule has 0 aliphatic carbocycles. The average Bonchev–Trinajstić information content (AvgIpc) is 2.64. The Kier molecular flexibility index (Phi) is 11.3. The highest BCUT2D eigenvalue weighted by molar-refractivity contribution is 6.68. The Balaban J connectivity index is 0.00000134. The van der Waals surface area contributed by atoms with Crippen molar-refractivity contribution in [3.8, 4) is 5.75 Å². The normalized spacial score (nSPS) is 9.04. The molecule has 4 nitrogen and oxygen atoms in total. The fourth-order valence-electron chi connectivity index (χ4n) is 1.70. The van der Waals surface area contributed by atoms with Crippen molar-refractivity contribution in [1.82, 2.24) is 0 Å². The van der Waals surface area contributed by atoms with E-state index in [9.17, 15) is 9.59 Å². The van der Waals surface area contributed by atoms with Crippen molar-refractivity contribution < 1.29 is 14.3 Å². The van der Waals surface area contributed by atoms with E-state index >= 15 is 0 Å². The summed E-state index contributed by atoms with van der Waals surface area (Å²) >= 11 is 10.7. The number of ether oxygens (including phenoxy) is 1. The van der Waals surface area contributed by atoms with Crippen molar-refractivity contribution in [1.29, 1.82) is 0 Å². The van der Waals surface area contributed by atoms with Gasteiger partial charge in [0.05, 0.1) is 5.69 Å². The maximum Gasteiger partial charge on any atom is 0.252 e. The van der Waals surface area contributed by atoms with Crippen molar-refractivity contribution in [2.75, 3.05) is 5.73 Å². The summed E-state index contributed by atoms with van der Waals surface area (Å²) in [7, 11) is 0. The molecule has 0 atom stereocenters. The molecule has 0 aliphatic rings. The van der Waals surface area contributed by atoms with Crippen LogP contribution in [0, 0.1) is 0 Å². The van der Waals surface area contributed by atoms with Crippen LogP contribution in [0.4, 0.5) is 5.69 Å². The van der Waals surface area contributed by atoms with Gasteiger partial charge in [-0.3, -0.25) is 9.59 Å². The Bertz CT molecular complexity index is 686. The molecule has 0 aromatic heterocycles. The van der Waals surface area contributed by atoms with Gasteiger partial charge in [-0.05, 0) is 59.1 Å². The van der Waals surface area contributed by atoms with Gasteiger partial charge in [-0.1, -0.05) is 39.8 Å². The smallest absolute Gasteiger partial charge is 0.252 e. The highest BCUT2D eigenvalue weighted by Crippen LogP contribution is 2.24. The molecule has 0 unspecified atom stereocenters. The average molecular weight is 384 g/mol. The quantitative estimate of drug-likeness (QED) is 0.534. The largest absolute Gasteiger partial charge is 0.487 e. The summed E-state index contributed by atoms with van der Waals surface area (Å²) in [5.41, 5.74) is 7.70. The van der Waals surface area contributed by atoms with E-state index in [-0.39, 0.29) is 6.61 Å². The molecule has 0 saturated carbocycles. The molecule has 2 aromatic carbocycles. The molecule has 0 bridgehead atoms. The van der Waals surface area contributed by atoms with E-state index in [0.29, 0.717) is 22.6 Å². The van der Waals surface area contributed by atoms with Gasteiger partial charge in [0.25, 0.3) is 10.5 Å². The summed E-state index contributed by atoms with van der Waals surface area (Å²) in [6.07, 6.45) is 0. The van der Waals surface area contributed by atoms with Gasteiger partial charge in [0.1, 0.15) is 12.4 Å². The molecule has 0 heterocycles. The van der Waals surface area contributed by atoms with Gasteiger partial charge in [0.15, 0.2) is 0 Å². The van der Waals surface area contributed by atoms with Crippen LogP contribution in [0.25, 0.3) is 0 Å². The SMILES string of the molecule is CC.CC.Nc1cc(C(=O)Cl)ccc1OCc1ccc(C(=O)Cl)cc1. The fourth-order valence-corrected chi connectivity index (χ4v) is 1.94. The number of anilines is 1. The lowest BCUT2D eigenvalue weighted by molar-refractivity contribution is 0.107. The van der Waals surface area contributed by atoms with Gasteiger partial charge in [-0.2, -0.15) is 0 Å². The molecule has 136 valence electrons. The summed E-state index contributed by atoms with van der Waals surface area (Å²) in [5, 5.41) is -1.08. The Hall–Kier alpha value is -2.04. The maximum atomic E-state index is 11.0. The summed E-state index contributed by atoms with van der Waals surface area (Å²) < 4.78 is 5.56. The Morgan fingerprint density at radius 3 is 1.80 bits per heavy atom. The summed E-state index contributed by atoms with van der Waals surface area (Å²) in [6.45, 7) is 8.27. The molecular weight excluding hydrogens is 361 g/mol. The van der Waals surface area contributed by atoms with E-state index in [0.717, 1.165) is 5.56 Å². The fraction of sp³-hybridized carbons (Fsp3) is 0.263. The molecule has 0 radical (unpaired) electrons. The van der Waals surface area contributed by atoms with Crippen LogP contribution in [0.1, 0.15) is 54.0 Å². The molecule has 0 fully saturated rings. The molecule has 0 amide bonds. The van der Waals surface area contributed by atoms with E-state index in [1.807, 2.05) is 27.7 Å². The van der Waals surface area contributed by atoms with E-state index < -0.39 is 10.5 Å². The van der Waals surface area contributed by atoms with Crippen LogP contribution in [-0.4, -0.2) is 10.5 Å². The van der Waals surface area contributed by atoms with Gasteiger partial charge >= 0.3 is 0 Å². The van der Waals surface area contributed by atoms with Crippen LogP contribution in [0.5, 0.6) is 5.75 Å². The lowest BCUT2D eigenvalue weighted by Crippen LogP contribution is -2.01. The number of carbonyl (C=O) groups excluding carboxylic acids is 2. The summed E-state index contributed by atoms with van der Waals surface area (Å²) in [4.78, 5) is 22.0. The van der Waals surface area contributed by atoms with E-state index in [1.54, 1.807) is 30.3 Å². The monoisotopic (exact) mass is 383 g/mol. The number of rotatable bonds is 5. The molecule has 0 saturated heterocycles. The predicted molar refractivity (Wildman–Crippen MR) is 105 cm³/mol. The molecule has 25 heavy (non-hydrogen) atoms. The summed E-state index contributed by atoms with van der Waals surface area (Å²) in [5.74, 6) is 0.453. The Labute approximate surface area is 158 Å². The van der Waals surface area contributed by atoms with E-state index in [2.05, 4.69) is 0 Å². The van der Waals surface area contributed by atoms with Crippen LogP contribution in [0.3, 0.4) is 0 Å². The number of nitrogens with two attached hydrogens (primary N) is 1. The second kappa shape index (κ2) is 12.3. The Morgan fingerprint density at radius 2 is 1.36 bits per heavy atom. The zero-order chi connectivity index (χ0) is 19.4. The van der Waals surface area contributed by atoms with Crippen LogP contribution >= 0.6 is 23.2 Å². The molecule has 0 spiro atoms. The van der Waals surface area contributed by atoms with Gasteiger partial charge < -0.3 is 10.5 Å². The summed E-state index contributed by atoms with van der Waals surface area (Å²) in [6, 6.07) is 11.3. The Morgan fingerprint density at radius 1 is 0.880 bits per heavy atom. The van der Waals surface area contributed by atoms with Crippen LogP contribution in [-0.2, 0) is 6.61 Å². The first-order valence-corrected chi connectivity index (χ1v) is 8.74. The third-order valence-corrected chi connectivity index (χ3v) is 3.25. The van der Waals surface area contributed by atoms with Crippen molar-refractivity contribution in [3.05, 3.63) is 59.2 Å². The maximum absolute atomic E-state index is 11.0. The van der Waals surface area contributed by atoms with Gasteiger partial charge in [0, 0.05) is 11.1 Å². The number of nitrogen functional groups attached to an aromatic ring is 1. The predicted octanol–water partition coefficient (Wildman–Crippen LogP) is 5.66. The molecule has 2 rings (SSSR count). The number of benzene rings is 2. The molecule has 6 heteroatoms. The number of hydrogen-bond donors (Lipinski definition) is 1. The number of hydrogen-bond acceptors (Lipinski definition) is 4. The van der Waals surface area contributed by atoms with Gasteiger partial charge in [0.2, 0.25) is 0 Å². The molecule has 2 aromatic rings. The minimum absolute atomic E-state index is 0.273. The standard InChI is InChI=1S/C15H11Cl2NO3.2C2H6/c16-14(19)10-3-1-9(2-4-10)8-21-13-6-5-11(15(17)20)7-12(13)18;2*1-2/h1-7H,8,18H2;2*1-2H3. The first-order chi connectivity index (χ1) is 12.0. The molecule has 2 N–H and O–H groups in total. The van der Waals surface area contributed by atoms with Crippen LogP contribution in [0.2, 0.25) is 0 Å². The highest BCUT2D eigenvalue weighted by Gasteiger charge is 2.07. The van der Waals surface area contributed by atoms with Crippen molar-refractivity contribution in [3.63, 3.8) is 0 Å². The van der Waals surface area contributed by atoms with E-state index in [1.165, 1.54) is 12.1 Å². The van der Waals surface area contributed by atoms with Crippen LogP contribution in [0.15, 0.2) is 42.5 Å². The van der Waals surface area contributed by atoms with Crippen LogP contribution < -0.4 is 10.5 Å². The van der Waals surface area contributed by atoms with Crippen molar-refractivity contribution in [2.45, 2.75) is 34.3 Å². The van der Waals surface area contributed by atoms with Crippen molar-refractivity contribution >= 4 is 39.4 Å². The highest BCUT2D eigenvalue weighted by atomic mass is 35.5. The molecular formula is C19H23Cl2NO3. The first-order valence-electron chi connectivity index (χ1n) is 7.98. The van der Waals surface area contributed by atoms with Gasteiger partial charge in [-0.15, -0.1) is 0 Å². The minimum atomic E-state index is -0.574. The van der Waals surface area contributed by atoms with E-state index in [4.69, 9.17) is 33.7 Å². The lowest BCUT2D eigenvalue weighted by Gasteiger charge is -2.09. The minimum Gasteiger partial charge on any atom is -0.487 e. The first kappa shape index (κ1) is 23.0. The lowest BCUT2D eigenvalue weighted by atomic mass is 10.1. The zero-order valence-electron chi connectivity index (χ0n) is 14.8. The topological polar surface area (TPSA) is 69.4 Å². The number of carbonyl (C=O) groups is 2. The third-order valence-electron chi connectivity index (χ3n) is 2.81.